The van der Waals surface area contributed by atoms with E-state index >= 15 is 0 Å². The molecular weight excluding hydrogens is 561 g/mol. The molecule has 1 saturated carbocycles. The number of benzene rings is 2. The molecule has 0 unspecified atom stereocenters. The average Bonchev–Trinajstić information content (AvgIpc) is 3.49. The molecule has 3 aromatic rings. The van der Waals surface area contributed by atoms with E-state index < -0.39 is 11.7 Å². The van der Waals surface area contributed by atoms with Gasteiger partial charge in [0.2, 0.25) is 5.91 Å². The molecule has 11 heteroatoms. The number of carbonyl (C=O) groups excluding carboxylic acids is 2. The van der Waals surface area contributed by atoms with Gasteiger partial charge in [0, 0.05) is 80.3 Å². The van der Waals surface area contributed by atoms with Gasteiger partial charge >= 0.3 is 6.18 Å². The molecule has 4 heterocycles. The zero-order valence-corrected chi connectivity index (χ0v) is 23.6. The van der Waals surface area contributed by atoms with Gasteiger partial charge in [-0.25, -0.2) is 4.98 Å². The van der Waals surface area contributed by atoms with Gasteiger partial charge in [0.1, 0.15) is 29.2 Å². The third kappa shape index (κ3) is 5.47. The quantitative estimate of drug-likeness (QED) is 0.374. The van der Waals surface area contributed by atoms with E-state index in [1.165, 1.54) is 12.1 Å². The summed E-state index contributed by atoms with van der Waals surface area (Å²) in [7, 11) is 2.00. The van der Waals surface area contributed by atoms with E-state index in [0.717, 1.165) is 36.0 Å². The summed E-state index contributed by atoms with van der Waals surface area (Å²) < 4.78 is 54.4. The second kappa shape index (κ2) is 10.6. The van der Waals surface area contributed by atoms with Crippen molar-refractivity contribution >= 4 is 17.5 Å². The van der Waals surface area contributed by atoms with Gasteiger partial charge in [-0.05, 0) is 49.4 Å². The van der Waals surface area contributed by atoms with Crippen molar-refractivity contribution in [2.75, 3.05) is 38.5 Å². The van der Waals surface area contributed by atoms with Gasteiger partial charge in [0.05, 0.1) is 5.56 Å². The number of hydrogen-bond acceptors (Lipinski definition) is 7. The topological polar surface area (TPSA) is 84.0 Å². The van der Waals surface area contributed by atoms with Gasteiger partial charge in [-0.1, -0.05) is 12.1 Å². The van der Waals surface area contributed by atoms with Crippen LogP contribution in [0.1, 0.15) is 51.4 Å². The third-order valence-corrected chi connectivity index (χ3v) is 8.95. The van der Waals surface area contributed by atoms with Crippen molar-refractivity contribution in [1.29, 1.82) is 0 Å². The van der Waals surface area contributed by atoms with Crippen molar-refractivity contribution < 1.29 is 32.2 Å². The minimum atomic E-state index is -4.55. The fourth-order valence-corrected chi connectivity index (χ4v) is 6.47. The molecule has 2 aromatic carbocycles. The van der Waals surface area contributed by atoms with Crippen LogP contribution in [-0.2, 0) is 23.9 Å². The molecule has 7 rings (SSSR count). The van der Waals surface area contributed by atoms with Crippen LogP contribution >= 0.6 is 0 Å². The van der Waals surface area contributed by atoms with E-state index in [1.54, 1.807) is 18.3 Å². The number of piperazine rings is 1. The zero-order valence-electron chi connectivity index (χ0n) is 23.6. The highest BCUT2D eigenvalue weighted by molar-refractivity contribution is 5.97. The molecule has 8 nitrogen and oxygen atoms in total. The molecule has 0 spiro atoms. The summed E-state index contributed by atoms with van der Waals surface area (Å²) in [4.78, 5) is 33.4. The van der Waals surface area contributed by atoms with Crippen LogP contribution in [0.5, 0.6) is 17.2 Å². The standard InChI is InChI=1S/C32H31F3N4O4/c1-38-10-12-39(13-11-38)17-19-3-2-18(14-24(19)32(33,34)35)25(40)16-23-29-22-15-20(4-6-26(22)43-30(23)29)42-27-8-9-36-31-21(27)5-7-28(41)37-31/h2-4,6,8-9,14-15,23,29-30H,5,7,10-13,16-17H2,1H3,(H,36,37,41)/t23-,29-,30+/m1/s1. The molecule has 0 radical (unpaired) electrons. The van der Waals surface area contributed by atoms with E-state index in [1.807, 2.05) is 24.1 Å². The smallest absolute Gasteiger partial charge is 0.416 e. The van der Waals surface area contributed by atoms with Gasteiger partial charge < -0.3 is 19.7 Å². The SMILES string of the molecule is CN1CCN(Cc2ccc(C(=O)C[C@H]3[C@@H]4Oc5ccc(Oc6ccnc7c6CCC(=O)N7)cc5[C@H]34)cc2C(F)(F)F)CC1. The van der Waals surface area contributed by atoms with Crippen molar-refractivity contribution in [3.63, 3.8) is 0 Å². The Morgan fingerprint density at radius 2 is 1.91 bits per heavy atom. The number of nitrogens with zero attached hydrogens (tertiary/aromatic N) is 3. The number of carbonyl (C=O) groups is 2. The number of pyridine rings is 1. The summed E-state index contributed by atoms with van der Waals surface area (Å²) in [6.45, 7) is 3.24. The summed E-state index contributed by atoms with van der Waals surface area (Å²) in [5.41, 5.74) is 1.29. The highest BCUT2D eigenvalue weighted by Gasteiger charge is 2.59. The van der Waals surface area contributed by atoms with Crippen LogP contribution in [0.3, 0.4) is 0 Å². The second-order valence-corrected chi connectivity index (χ2v) is 11.8. The fraction of sp³-hybridized carbons (Fsp3) is 0.406. The van der Waals surface area contributed by atoms with Crippen LogP contribution in [0.4, 0.5) is 19.0 Å². The molecule has 1 amide bonds. The number of anilines is 1. The van der Waals surface area contributed by atoms with Crippen molar-refractivity contribution in [2.45, 2.75) is 44.0 Å². The number of halogens is 3. The first-order valence-electron chi connectivity index (χ1n) is 14.5. The van der Waals surface area contributed by atoms with Gasteiger partial charge in [-0.3, -0.25) is 14.5 Å². The molecule has 224 valence electrons. The Bertz CT molecular complexity index is 1600. The van der Waals surface area contributed by atoms with Crippen molar-refractivity contribution in [1.82, 2.24) is 14.8 Å². The number of hydrogen-bond donors (Lipinski definition) is 1. The number of rotatable bonds is 7. The predicted octanol–water partition coefficient (Wildman–Crippen LogP) is 5.27. The molecule has 43 heavy (non-hydrogen) atoms. The van der Waals surface area contributed by atoms with Gasteiger partial charge in [0.15, 0.2) is 5.78 Å². The molecular formula is C32H31F3N4O4. The number of amides is 1. The van der Waals surface area contributed by atoms with Crippen molar-refractivity contribution in [3.05, 3.63) is 76.5 Å². The maximum Gasteiger partial charge on any atom is 0.416 e. The van der Waals surface area contributed by atoms with Crippen LogP contribution in [0.25, 0.3) is 0 Å². The molecule has 3 aliphatic heterocycles. The van der Waals surface area contributed by atoms with E-state index in [4.69, 9.17) is 9.47 Å². The van der Waals surface area contributed by atoms with Crippen LogP contribution in [0.2, 0.25) is 0 Å². The lowest BCUT2D eigenvalue weighted by molar-refractivity contribution is -0.138. The normalized spacial score (nSPS) is 23.1. The predicted molar refractivity (Wildman–Crippen MR) is 152 cm³/mol. The molecule has 1 saturated heterocycles. The Morgan fingerprint density at radius 3 is 2.70 bits per heavy atom. The summed E-state index contributed by atoms with van der Waals surface area (Å²) >= 11 is 0. The van der Waals surface area contributed by atoms with Gasteiger partial charge in [-0.15, -0.1) is 0 Å². The van der Waals surface area contributed by atoms with E-state index in [9.17, 15) is 22.8 Å². The molecule has 1 N–H and O–H groups in total. The van der Waals surface area contributed by atoms with Crippen LogP contribution in [-0.4, -0.2) is 65.8 Å². The summed E-state index contributed by atoms with van der Waals surface area (Å²) in [5, 5.41) is 2.77. The Kier molecular flexibility index (Phi) is 6.89. The zero-order chi connectivity index (χ0) is 29.9. The lowest BCUT2D eigenvalue weighted by atomic mass is 9.97. The molecule has 1 aromatic heterocycles. The van der Waals surface area contributed by atoms with Gasteiger partial charge in [-0.2, -0.15) is 13.2 Å². The second-order valence-electron chi connectivity index (χ2n) is 11.8. The number of ether oxygens (including phenoxy) is 2. The highest BCUT2D eigenvalue weighted by Crippen LogP contribution is 2.60. The Labute approximate surface area is 246 Å². The Balaban J connectivity index is 1.04. The Hall–Kier alpha value is -3.96. The maximum absolute atomic E-state index is 14.0. The Morgan fingerprint density at radius 1 is 1.09 bits per heavy atom. The van der Waals surface area contributed by atoms with Gasteiger partial charge in [0.25, 0.3) is 0 Å². The first kappa shape index (κ1) is 27.8. The summed E-state index contributed by atoms with van der Waals surface area (Å²) in [6, 6.07) is 11.3. The molecule has 4 aliphatic rings. The van der Waals surface area contributed by atoms with Crippen LogP contribution < -0.4 is 14.8 Å². The largest absolute Gasteiger partial charge is 0.489 e. The number of ketones is 1. The number of aromatic nitrogens is 1. The van der Waals surface area contributed by atoms with Crippen LogP contribution in [0.15, 0.2) is 48.7 Å². The highest BCUT2D eigenvalue weighted by atomic mass is 19.4. The lowest BCUT2D eigenvalue weighted by Crippen LogP contribution is -2.44. The maximum atomic E-state index is 14.0. The molecule has 2 fully saturated rings. The van der Waals surface area contributed by atoms with E-state index in [0.29, 0.717) is 43.2 Å². The number of Topliss-reactive ketones (excluding diaryl/α,β-unsaturated/α-hetero) is 1. The number of alkyl halides is 3. The number of nitrogens with one attached hydrogen (secondary N) is 1. The first-order valence-corrected chi connectivity index (χ1v) is 14.5. The molecule has 3 atom stereocenters. The minimum Gasteiger partial charge on any atom is -0.489 e. The first-order chi connectivity index (χ1) is 20.6. The van der Waals surface area contributed by atoms with E-state index in [-0.39, 0.29) is 53.7 Å². The van der Waals surface area contributed by atoms with Crippen LogP contribution in [0, 0.1) is 5.92 Å². The third-order valence-electron chi connectivity index (χ3n) is 8.95. The van der Waals surface area contributed by atoms with Crippen molar-refractivity contribution in [2.24, 2.45) is 5.92 Å². The average molecular weight is 593 g/mol. The summed E-state index contributed by atoms with van der Waals surface area (Å²) in [6.07, 6.45) is -2.16. The van der Waals surface area contributed by atoms with E-state index in [2.05, 4.69) is 15.2 Å². The van der Waals surface area contributed by atoms with Crippen molar-refractivity contribution in [3.8, 4) is 17.2 Å². The number of likely N-dealkylation sites (N-methyl/N-ethyl adjacent to an activating group) is 1. The number of fused-ring (bicyclic) bond motifs is 4. The summed E-state index contributed by atoms with van der Waals surface area (Å²) in [5.74, 6) is 1.89. The fourth-order valence-electron chi connectivity index (χ4n) is 6.47. The molecule has 0 bridgehead atoms. The lowest BCUT2D eigenvalue weighted by Gasteiger charge is -2.33. The molecule has 1 aliphatic carbocycles. The minimum absolute atomic E-state index is 0.0215. The monoisotopic (exact) mass is 592 g/mol.